The van der Waals surface area contributed by atoms with Gasteiger partial charge in [0.2, 0.25) is 0 Å². The number of aryl methyl sites for hydroxylation is 1. The maximum Gasteiger partial charge on any atom is 0.142 e. The van der Waals surface area contributed by atoms with Crippen molar-refractivity contribution in [1.82, 2.24) is 5.32 Å². The van der Waals surface area contributed by atoms with Crippen molar-refractivity contribution in [1.29, 1.82) is 0 Å². The van der Waals surface area contributed by atoms with Gasteiger partial charge in [-0.3, -0.25) is 0 Å². The van der Waals surface area contributed by atoms with Crippen LogP contribution in [-0.2, 0) is 6.42 Å². The predicted molar refractivity (Wildman–Crippen MR) is 87.3 cm³/mol. The molecule has 0 spiro atoms. The van der Waals surface area contributed by atoms with E-state index < -0.39 is 0 Å². The quantitative estimate of drug-likeness (QED) is 0.591. The van der Waals surface area contributed by atoms with Crippen LogP contribution >= 0.6 is 0 Å². The number of nitrogens with one attached hydrogen (secondary N) is 1. The van der Waals surface area contributed by atoms with E-state index in [2.05, 4.69) is 46.0 Å². The lowest BCUT2D eigenvalue weighted by molar-refractivity contribution is 0.272. The van der Waals surface area contributed by atoms with Crippen molar-refractivity contribution in [2.45, 2.75) is 53.0 Å². The Bertz CT molecular complexity index is 408. The molecule has 3 N–H and O–H groups in total. The number of hydrogen-bond donors (Lipinski definition) is 2. The van der Waals surface area contributed by atoms with E-state index in [4.69, 9.17) is 10.5 Å². The zero-order valence-electron chi connectivity index (χ0n) is 13.6. The number of benzene rings is 1. The highest BCUT2D eigenvalue weighted by atomic mass is 16.5. The second kappa shape index (κ2) is 7.53. The summed E-state index contributed by atoms with van der Waals surface area (Å²) in [6.07, 6.45) is 2.15. The van der Waals surface area contributed by atoms with Crippen LogP contribution in [0.1, 0.15) is 46.6 Å². The van der Waals surface area contributed by atoms with Crippen molar-refractivity contribution >= 4 is 5.69 Å². The zero-order chi connectivity index (χ0) is 15.2. The summed E-state index contributed by atoms with van der Waals surface area (Å²) >= 11 is 0. The Kier molecular flexibility index (Phi) is 6.34. The fourth-order valence-electron chi connectivity index (χ4n) is 1.90. The minimum absolute atomic E-state index is 0.188. The Morgan fingerprint density at radius 2 is 1.95 bits per heavy atom. The summed E-state index contributed by atoms with van der Waals surface area (Å²) in [6.45, 7) is 12.6. The molecule has 0 bridgehead atoms. The Hall–Kier alpha value is -1.22. The van der Waals surface area contributed by atoms with E-state index >= 15 is 0 Å². The van der Waals surface area contributed by atoms with Crippen LogP contribution in [0.25, 0.3) is 0 Å². The van der Waals surface area contributed by atoms with Crippen LogP contribution in [0.15, 0.2) is 18.2 Å². The summed E-state index contributed by atoms with van der Waals surface area (Å²) in [4.78, 5) is 0. The third-order valence-electron chi connectivity index (χ3n) is 2.94. The van der Waals surface area contributed by atoms with Crippen LogP contribution in [0.5, 0.6) is 5.75 Å². The number of rotatable bonds is 7. The molecule has 0 saturated carbocycles. The normalized spacial score (nSPS) is 11.9. The molecule has 114 valence electrons. The summed E-state index contributed by atoms with van der Waals surface area (Å²) < 4.78 is 5.69. The highest BCUT2D eigenvalue weighted by Gasteiger charge is 2.08. The Labute approximate surface area is 123 Å². The van der Waals surface area contributed by atoms with Crippen LogP contribution in [0.3, 0.4) is 0 Å². The van der Waals surface area contributed by atoms with Crippen molar-refractivity contribution in [3.63, 3.8) is 0 Å². The molecule has 0 heterocycles. The van der Waals surface area contributed by atoms with Crippen LogP contribution in [0, 0.1) is 5.92 Å². The summed E-state index contributed by atoms with van der Waals surface area (Å²) in [5.41, 5.74) is 8.24. The largest absolute Gasteiger partial charge is 0.491 e. The van der Waals surface area contributed by atoms with E-state index in [9.17, 15) is 0 Å². The van der Waals surface area contributed by atoms with Gasteiger partial charge < -0.3 is 15.8 Å². The molecule has 0 aromatic heterocycles. The first kappa shape index (κ1) is 16.8. The van der Waals surface area contributed by atoms with Gasteiger partial charge >= 0.3 is 0 Å². The fourth-order valence-corrected chi connectivity index (χ4v) is 1.90. The highest BCUT2D eigenvalue weighted by Crippen LogP contribution is 2.23. The van der Waals surface area contributed by atoms with E-state index in [1.54, 1.807) is 0 Å². The molecule has 0 aliphatic rings. The molecule has 3 heteroatoms. The molecule has 1 rings (SSSR count). The van der Waals surface area contributed by atoms with Gasteiger partial charge in [0.1, 0.15) is 5.75 Å². The second-order valence-corrected chi connectivity index (χ2v) is 6.86. The SMILES string of the molecule is CC(C)COc1ccc(CCCNC(C)(C)C)cc1N. The van der Waals surface area contributed by atoms with E-state index in [0.29, 0.717) is 12.5 Å². The Morgan fingerprint density at radius 1 is 1.25 bits per heavy atom. The van der Waals surface area contributed by atoms with Gasteiger partial charge in [-0.2, -0.15) is 0 Å². The molecule has 0 aliphatic carbocycles. The molecular formula is C17H30N2O. The van der Waals surface area contributed by atoms with Gasteiger partial charge in [-0.1, -0.05) is 19.9 Å². The summed E-state index contributed by atoms with van der Waals surface area (Å²) in [5, 5.41) is 3.49. The maximum absolute atomic E-state index is 6.04. The van der Waals surface area contributed by atoms with Gasteiger partial charge in [-0.25, -0.2) is 0 Å². The summed E-state index contributed by atoms with van der Waals surface area (Å²) in [5.74, 6) is 1.31. The van der Waals surface area contributed by atoms with E-state index in [1.807, 2.05) is 12.1 Å². The Morgan fingerprint density at radius 3 is 2.50 bits per heavy atom. The number of nitrogen functional groups attached to an aromatic ring is 1. The first-order valence-corrected chi connectivity index (χ1v) is 7.54. The van der Waals surface area contributed by atoms with Crippen LogP contribution in [-0.4, -0.2) is 18.7 Å². The molecular weight excluding hydrogens is 248 g/mol. The third kappa shape index (κ3) is 6.80. The monoisotopic (exact) mass is 278 g/mol. The maximum atomic E-state index is 6.04. The summed E-state index contributed by atoms with van der Waals surface area (Å²) in [6, 6.07) is 6.14. The molecule has 0 radical (unpaired) electrons. The molecule has 0 amide bonds. The van der Waals surface area contributed by atoms with Crippen LogP contribution < -0.4 is 15.8 Å². The molecule has 1 aromatic carbocycles. The van der Waals surface area contributed by atoms with Gasteiger partial charge in [-0.15, -0.1) is 0 Å². The lowest BCUT2D eigenvalue weighted by Crippen LogP contribution is -2.36. The lowest BCUT2D eigenvalue weighted by atomic mass is 10.1. The fraction of sp³-hybridized carbons (Fsp3) is 0.647. The van der Waals surface area contributed by atoms with Gasteiger partial charge in [0, 0.05) is 5.54 Å². The molecule has 0 aliphatic heterocycles. The minimum Gasteiger partial charge on any atom is -0.491 e. The second-order valence-electron chi connectivity index (χ2n) is 6.86. The molecule has 0 unspecified atom stereocenters. The molecule has 1 aromatic rings. The number of ether oxygens (including phenoxy) is 1. The average Bonchev–Trinajstić information content (AvgIpc) is 2.32. The van der Waals surface area contributed by atoms with Crippen molar-refractivity contribution in [3.05, 3.63) is 23.8 Å². The summed E-state index contributed by atoms with van der Waals surface area (Å²) in [7, 11) is 0. The third-order valence-corrected chi connectivity index (χ3v) is 2.94. The van der Waals surface area contributed by atoms with Crippen LogP contribution in [0.4, 0.5) is 5.69 Å². The Balaban J connectivity index is 2.43. The van der Waals surface area contributed by atoms with Crippen molar-refractivity contribution in [2.75, 3.05) is 18.9 Å². The topological polar surface area (TPSA) is 47.3 Å². The first-order chi connectivity index (χ1) is 9.28. The number of anilines is 1. The van der Waals surface area contributed by atoms with Gasteiger partial charge in [-0.05, 0) is 63.8 Å². The van der Waals surface area contributed by atoms with E-state index in [1.165, 1.54) is 5.56 Å². The van der Waals surface area contributed by atoms with Crippen molar-refractivity contribution in [2.24, 2.45) is 5.92 Å². The van der Waals surface area contributed by atoms with Crippen molar-refractivity contribution < 1.29 is 4.74 Å². The molecule has 0 saturated heterocycles. The number of nitrogens with two attached hydrogens (primary N) is 1. The standard InChI is InChI=1S/C17H30N2O/c1-13(2)12-20-16-9-8-14(11-15(16)18)7-6-10-19-17(3,4)5/h8-9,11,13,19H,6-7,10,12,18H2,1-5H3. The van der Waals surface area contributed by atoms with Crippen molar-refractivity contribution in [3.8, 4) is 5.75 Å². The number of hydrogen-bond acceptors (Lipinski definition) is 3. The van der Waals surface area contributed by atoms with Gasteiger partial charge in [0.25, 0.3) is 0 Å². The van der Waals surface area contributed by atoms with Crippen LogP contribution in [0.2, 0.25) is 0 Å². The molecule has 3 nitrogen and oxygen atoms in total. The minimum atomic E-state index is 0.188. The lowest BCUT2D eigenvalue weighted by Gasteiger charge is -2.20. The zero-order valence-corrected chi connectivity index (χ0v) is 13.6. The molecule has 0 atom stereocenters. The molecule has 20 heavy (non-hydrogen) atoms. The van der Waals surface area contributed by atoms with Gasteiger partial charge in [0.05, 0.1) is 12.3 Å². The highest BCUT2D eigenvalue weighted by molar-refractivity contribution is 5.54. The smallest absolute Gasteiger partial charge is 0.142 e. The van der Waals surface area contributed by atoms with E-state index in [-0.39, 0.29) is 5.54 Å². The average molecular weight is 278 g/mol. The molecule has 0 fully saturated rings. The predicted octanol–water partition coefficient (Wildman–Crippen LogP) is 3.62. The first-order valence-electron chi connectivity index (χ1n) is 7.54. The van der Waals surface area contributed by atoms with Gasteiger partial charge in [0.15, 0.2) is 0 Å². The van der Waals surface area contributed by atoms with E-state index in [0.717, 1.165) is 30.8 Å².